The van der Waals surface area contributed by atoms with Crippen LogP contribution in [0.25, 0.3) is 0 Å². The van der Waals surface area contributed by atoms with Crippen LogP contribution in [0.1, 0.15) is 18.4 Å². The number of nitrogens with two attached hydrogens (primary N) is 1. The zero-order valence-electron chi connectivity index (χ0n) is 8.22. The Morgan fingerprint density at radius 2 is 2.21 bits per heavy atom. The van der Waals surface area contributed by atoms with Gasteiger partial charge in [0.15, 0.2) is 0 Å². The van der Waals surface area contributed by atoms with E-state index in [9.17, 15) is 0 Å². The molecule has 0 aromatic heterocycles. The van der Waals surface area contributed by atoms with E-state index in [1.807, 2.05) is 18.2 Å². The van der Waals surface area contributed by atoms with E-state index < -0.39 is 0 Å². The third-order valence-electron chi connectivity index (χ3n) is 2.99. The SMILES string of the molecule is COc1ccc(Cl)c(C2(CN)CC2)c1. The highest BCUT2D eigenvalue weighted by atomic mass is 35.5. The second-order valence-corrected chi connectivity index (χ2v) is 4.24. The average Bonchev–Trinajstić information content (AvgIpc) is 2.99. The molecule has 0 aliphatic heterocycles. The number of methoxy groups -OCH3 is 1. The van der Waals surface area contributed by atoms with Gasteiger partial charge in [-0.1, -0.05) is 11.6 Å². The van der Waals surface area contributed by atoms with Gasteiger partial charge in [0.05, 0.1) is 7.11 Å². The van der Waals surface area contributed by atoms with E-state index in [4.69, 9.17) is 22.1 Å². The van der Waals surface area contributed by atoms with Crippen molar-refractivity contribution in [1.82, 2.24) is 0 Å². The summed E-state index contributed by atoms with van der Waals surface area (Å²) in [6, 6.07) is 5.76. The highest BCUT2D eigenvalue weighted by Gasteiger charge is 2.44. The molecule has 0 spiro atoms. The Bertz CT molecular complexity index is 347. The number of halogens is 1. The molecule has 76 valence electrons. The van der Waals surface area contributed by atoms with Crippen molar-refractivity contribution in [2.45, 2.75) is 18.3 Å². The molecule has 1 saturated carbocycles. The van der Waals surface area contributed by atoms with Gasteiger partial charge in [-0.25, -0.2) is 0 Å². The van der Waals surface area contributed by atoms with Gasteiger partial charge >= 0.3 is 0 Å². The second kappa shape index (κ2) is 3.44. The smallest absolute Gasteiger partial charge is 0.119 e. The normalized spacial score (nSPS) is 17.9. The van der Waals surface area contributed by atoms with Crippen LogP contribution in [-0.2, 0) is 5.41 Å². The Kier molecular flexibility index (Phi) is 2.41. The Morgan fingerprint density at radius 3 is 2.71 bits per heavy atom. The highest BCUT2D eigenvalue weighted by molar-refractivity contribution is 6.31. The summed E-state index contributed by atoms with van der Waals surface area (Å²) in [6.45, 7) is 0.667. The molecule has 14 heavy (non-hydrogen) atoms. The fourth-order valence-corrected chi connectivity index (χ4v) is 2.09. The number of hydrogen-bond donors (Lipinski definition) is 1. The first-order chi connectivity index (χ1) is 6.72. The van der Waals surface area contributed by atoms with Gasteiger partial charge in [-0.15, -0.1) is 0 Å². The Balaban J connectivity index is 2.41. The zero-order valence-corrected chi connectivity index (χ0v) is 8.97. The lowest BCUT2D eigenvalue weighted by Crippen LogP contribution is -2.20. The van der Waals surface area contributed by atoms with Crippen LogP contribution in [0, 0.1) is 0 Å². The van der Waals surface area contributed by atoms with E-state index in [-0.39, 0.29) is 5.41 Å². The molecule has 0 unspecified atom stereocenters. The fourth-order valence-electron chi connectivity index (χ4n) is 1.77. The predicted molar refractivity (Wildman–Crippen MR) is 58.0 cm³/mol. The van der Waals surface area contributed by atoms with Crippen molar-refractivity contribution < 1.29 is 4.74 Å². The summed E-state index contributed by atoms with van der Waals surface area (Å²) in [7, 11) is 1.66. The lowest BCUT2D eigenvalue weighted by atomic mass is 9.96. The monoisotopic (exact) mass is 211 g/mol. The van der Waals surface area contributed by atoms with Gasteiger partial charge in [-0.2, -0.15) is 0 Å². The standard InChI is InChI=1S/C11H14ClNO/c1-14-8-2-3-10(12)9(6-8)11(7-13)4-5-11/h2-3,6H,4-5,7,13H2,1H3. The van der Waals surface area contributed by atoms with Gasteiger partial charge in [-0.3, -0.25) is 0 Å². The second-order valence-electron chi connectivity index (χ2n) is 3.83. The number of ether oxygens (including phenoxy) is 1. The molecule has 1 aromatic carbocycles. The van der Waals surface area contributed by atoms with Gasteiger partial charge in [-0.05, 0) is 36.6 Å². The zero-order chi connectivity index (χ0) is 10.2. The van der Waals surface area contributed by atoms with Crippen molar-refractivity contribution in [3.8, 4) is 5.75 Å². The van der Waals surface area contributed by atoms with E-state index in [2.05, 4.69) is 0 Å². The maximum atomic E-state index is 6.15. The third kappa shape index (κ3) is 1.49. The van der Waals surface area contributed by atoms with Crippen LogP contribution in [0.2, 0.25) is 5.02 Å². The van der Waals surface area contributed by atoms with Crippen LogP contribution >= 0.6 is 11.6 Å². The molecule has 0 saturated heterocycles. The minimum absolute atomic E-state index is 0.131. The maximum Gasteiger partial charge on any atom is 0.119 e. The molecule has 0 heterocycles. The molecule has 2 nitrogen and oxygen atoms in total. The maximum absolute atomic E-state index is 6.15. The molecule has 3 heteroatoms. The van der Waals surface area contributed by atoms with Crippen molar-refractivity contribution in [2.75, 3.05) is 13.7 Å². The largest absolute Gasteiger partial charge is 0.497 e. The first kappa shape index (κ1) is 9.81. The third-order valence-corrected chi connectivity index (χ3v) is 3.32. The van der Waals surface area contributed by atoms with Crippen LogP contribution < -0.4 is 10.5 Å². The summed E-state index contributed by atoms with van der Waals surface area (Å²) in [5, 5.41) is 0.800. The van der Waals surface area contributed by atoms with Crippen molar-refractivity contribution in [1.29, 1.82) is 0 Å². The molecule has 0 bridgehead atoms. The minimum Gasteiger partial charge on any atom is -0.497 e. The quantitative estimate of drug-likeness (QED) is 0.833. The summed E-state index contributed by atoms with van der Waals surface area (Å²) >= 11 is 6.15. The Morgan fingerprint density at radius 1 is 1.50 bits per heavy atom. The highest BCUT2D eigenvalue weighted by Crippen LogP contribution is 2.50. The van der Waals surface area contributed by atoms with E-state index in [1.54, 1.807) is 7.11 Å². The van der Waals surface area contributed by atoms with Crippen molar-refractivity contribution in [3.05, 3.63) is 28.8 Å². The summed E-state index contributed by atoms with van der Waals surface area (Å²) < 4.78 is 5.18. The van der Waals surface area contributed by atoms with Gasteiger partial charge in [0.25, 0.3) is 0 Å². The summed E-state index contributed by atoms with van der Waals surface area (Å²) in [4.78, 5) is 0. The Hall–Kier alpha value is -0.730. The van der Waals surface area contributed by atoms with Crippen LogP contribution in [0.5, 0.6) is 5.75 Å². The van der Waals surface area contributed by atoms with Crippen molar-refractivity contribution in [2.24, 2.45) is 5.73 Å². The molecule has 0 radical (unpaired) electrons. The van der Waals surface area contributed by atoms with Crippen LogP contribution in [0.15, 0.2) is 18.2 Å². The fraction of sp³-hybridized carbons (Fsp3) is 0.455. The van der Waals surface area contributed by atoms with Gasteiger partial charge < -0.3 is 10.5 Å². The Labute approximate surface area is 89.0 Å². The summed E-state index contributed by atoms with van der Waals surface area (Å²) in [5.74, 6) is 0.851. The van der Waals surface area contributed by atoms with E-state index in [0.29, 0.717) is 6.54 Å². The average molecular weight is 212 g/mol. The molecule has 0 amide bonds. The molecule has 0 atom stereocenters. The molecular formula is C11H14ClNO. The lowest BCUT2D eigenvalue weighted by molar-refractivity contribution is 0.413. The summed E-state index contributed by atoms with van der Waals surface area (Å²) in [6.07, 6.45) is 2.27. The number of hydrogen-bond acceptors (Lipinski definition) is 2. The summed E-state index contributed by atoms with van der Waals surface area (Å²) in [5.41, 5.74) is 7.03. The van der Waals surface area contributed by atoms with Gasteiger partial charge in [0.1, 0.15) is 5.75 Å². The van der Waals surface area contributed by atoms with Gasteiger partial charge in [0.2, 0.25) is 0 Å². The molecule has 1 aromatic rings. The van der Waals surface area contributed by atoms with E-state index >= 15 is 0 Å². The molecule has 1 aliphatic rings. The van der Waals surface area contributed by atoms with Crippen molar-refractivity contribution >= 4 is 11.6 Å². The molecule has 1 fully saturated rings. The molecular weight excluding hydrogens is 198 g/mol. The van der Waals surface area contributed by atoms with Crippen LogP contribution in [0.4, 0.5) is 0 Å². The van der Waals surface area contributed by atoms with Crippen molar-refractivity contribution in [3.63, 3.8) is 0 Å². The van der Waals surface area contributed by atoms with Crippen LogP contribution in [0.3, 0.4) is 0 Å². The molecule has 2 rings (SSSR count). The molecule has 1 aliphatic carbocycles. The predicted octanol–water partition coefficient (Wildman–Crippen LogP) is 2.34. The first-order valence-corrected chi connectivity index (χ1v) is 5.14. The van der Waals surface area contributed by atoms with Gasteiger partial charge in [0, 0.05) is 17.0 Å². The first-order valence-electron chi connectivity index (χ1n) is 4.76. The minimum atomic E-state index is 0.131. The molecule has 2 N–H and O–H groups in total. The van der Waals surface area contributed by atoms with E-state index in [0.717, 1.165) is 29.2 Å². The van der Waals surface area contributed by atoms with E-state index in [1.165, 1.54) is 0 Å². The van der Waals surface area contributed by atoms with Crippen LogP contribution in [-0.4, -0.2) is 13.7 Å². The lowest BCUT2D eigenvalue weighted by Gasteiger charge is -2.15. The number of rotatable bonds is 3. The number of benzene rings is 1. The topological polar surface area (TPSA) is 35.2 Å².